The highest BCUT2D eigenvalue weighted by molar-refractivity contribution is 6.11. The van der Waals surface area contributed by atoms with Crippen LogP contribution in [0.1, 0.15) is 37.2 Å². The maximum atomic E-state index is 13.8. The molecule has 2 fully saturated rings. The van der Waals surface area contributed by atoms with Gasteiger partial charge in [-0.1, -0.05) is 18.2 Å². The van der Waals surface area contributed by atoms with E-state index in [4.69, 9.17) is 9.90 Å². The average molecular weight is 557 g/mol. The number of fused-ring (bicyclic) bond motifs is 3. The lowest BCUT2D eigenvalue weighted by Gasteiger charge is -2.36. The molecule has 0 unspecified atom stereocenters. The Morgan fingerprint density at radius 3 is 2.20 bits per heavy atom. The summed E-state index contributed by atoms with van der Waals surface area (Å²) < 4.78 is 36.1. The highest BCUT2D eigenvalue weighted by Gasteiger charge is 2.38. The smallest absolute Gasteiger partial charge is 0.475 e. The molecular formula is C28H31F3N6O3. The van der Waals surface area contributed by atoms with Gasteiger partial charge in [-0.15, -0.1) is 0 Å². The molecule has 1 N–H and O–H groups in total. The predicted molar refractivity (Wildman–Crippen MR) is 143 cm³/mol. The number of alkyl halides is 3. The van der Waals surface area contributed by atoms with Crippen molar-refractivity contribution in [2.75, 3.05) is 26.2 Å². The van der Waals surface area contributed by atoms with E-state index in [2.05, 4.69) is 63.6 Å². The van der Waals surface area contributed by atoms with Crippen LogP contribution in [0.25, 0.3) is 27.9 Å². The highest BCUT2D eigenvalue weighted by Crippen LogP contribution is 2.38. The van der Waals surface area contributed by atoms with Gasteiger partial charge in [0, 0.05) is 56.5 Å². The van der Waals surface area contributed by atoms with Crippen molar-refractivity contribution in [3.8, 4) is 5.95 Å². The third kappa shape index (κ3) is 5.53. The first-order valence-corrected chi connectivity index (χ1v) is 13.3. The van der Waals surface area contributed by atoms with Crippen LogP contribution in [0.3, 0.4) is 0 Å². The van der Waals surface area contributed by atoms with Crippen molar-refractivity contribution in [1.82, 2.24) is 28.9 Å². The molecule has 40 heavy (non-hydrogen) atoms. The van der Waals surface area contributed by atoms with Crippen molar-refractivity contribution >= 4 is 33.8 Å². The van der Waals surface area contributed by atoms with Gasteiger partial charge in [0.25, 0.3) is 5.91 Å². The summed E-state index contributed by atoms with van der Waals surface area (Å²) in [5.74, 6) is -1.42. The Kier molecular flexibility index (Phi) is 7.54. The zero-order valence-electron chi connectivity index (χ0n) is 22.3. The Balaban J connectivity index is 0.000000411. The number of nitrogens with zero attached hydrogens (tertiary/aromatic N) is 6. The van der Waals surface area contributed by atoms with Gasteiger partial charge in [0.15, 0.2) is 0 Å². The molecule has 0 atom stereocenters. The standard InChI is InChI=1S/C26H30N6O.C2HF3O2/c1-18(2)29-12-14-30(15-13-29)25(33)23-16-22-24(32(23)26-27-10-5-11-28-26)20-6-3-4-7-21(20)31(22)17-19-8-9-19;3-2(4,5)1(6)7/h3-7,10-11,16,18-19H,8-9,12-15,17H2,1-2H3;(H,6,7). The summed E-state index contributed by atoms with van der Waals surface area (Å²) >= 11 is 0. The van der Waals surface area contributed by atoms with Gasteiger partial charge in [-0.25, -0.2) is 14.8 Å². The molecular weight excluding hydrogens is 525 g/mol. The molecule has 0 spiro atoms. The largest absolute Gasteiger partial charge is 0.490 e. The fraction of sp³-hybridized carbons (Fsp3) is 0.429. The number of carboxylic acids is 1. The van der Waals surface area contributed by atoms with Gasteiger partial charge in [0.2, 0.25) is 5.95 Å². The molecule has 4 aromatic rings. The van der Waals surface area contributed by atoms with Gasteiger partial charge >= 0.3 is 12.1 Å². The maximum Gasteiger partial charge on any atom is 0.490 e. The van der Waals surface area contributed by atoms with E-state index < -0.39 is 12.1 Å². The van der Waals surface area contributed by atoms with Crippen molar-refractivity contribution in [1.29, 1.82) is 0 Å². The number of carboxylic acid groups (broad SMARTS) is 1. The Labute approximate surface area is 228 Å². The van der Waals surface area contributed by atoms with Crippen LogP contribution >= 0.6 is 0 Å². The quantitative estimate of drug-likeness (QED) is 0.387. The van der Waals surface area contributed by atoms with E-state index in [1.54, 1.807) is 12.4 Å². The Hall–Kier alpha value is -3.93. The normalized spacial score (nSPS) is 16.4. The number of para-hydroxylation sites is 1. The molecule has 6 rings (SSSR count). The van der Waals surface area contributed by atoms with Crippen molar-refractivity contribution in [2.24, 2.45) is 5.92 Å². The molecule has 1 saturated heterocycles. The fourth-order valence-electron chi connectivity index (χ4n) is 5.13. The lowest BCUT2D eigenvalue weighted by molar-refractivity contribution is -0.192. The second-order valence-electron chi connectivity index (χ2n) is 10.4. The van der Waals surface area contributed by atoms with Crippen molar-refractivity contribution in [3.63, 3.8) is 0 Å². The summed E-state index contributed by atoms with van der Waals surface area (Å²) in [5, 5.41) is 8.27. The molecule has 4 heterocycles. The molecule has 0 bridgehead atoms. The topological polar surface area (TPSA) is 96.5 Å². The van der Waals surface area contributed by atoms with E-state index in [-0.39, 0.29) is 5.91 Å². The molecule has 3 aromatic heterocycles. The van der Waals surface area contributed by atoms with Crippen molar-refractivity contribution in [2.45, 2.75) is 45.5 Å². The number of carbonyl (C=O) groups is 2. The monoisotopic (exact) mass is 556 g/mol. The van der Waals surface area contributed by atoms with E-state index >= 15 is 0 Å². The number of hydrogen-bond acceptors (Lipinski definition) is 5. The molecule has 1 saturated carbocycles. The average Bonchev–Trinajstić information content (AvgIpc) is 3.61. The molecule has 212 valence electrons. The van der Waals surface area contributed by atoms with Crippen LogP contribution in [-0.2, 0) is 11.3 Å². The minimum Gasteiger partial charge on any atom is -0.475 e. The van der Waals surface area contributed by atoms with Crippen LogP contribution in [0, 0.1) is 5.92 Å². The second-order valence-corrected chi connectivity index (χ2v) is 10.4. The minimum atomic E-state index is -5.08. The van der Waals surface area contributed by atoms with Crippen LogP contribution in [0.5, 0.6) is 0 Å². The van der Waals surface area contributed by atoms with Crippen LogP contribution in [-0.4, -0.2) is 84.3 Å². The lowest BCUT2D eigenvalue weighted by atomic mass is 10.2. The number of carbonyl (C=O) groups excluding carboxylic acids is 1. The van der Waals surface area contributed by atoms with E-state index in [9.17, 15) is 18.0 Å². The number of aliphatic carboxylic acids is 1. The number of hydrogen-bond donors (Lipinski definition) is 1. The number of amides is 1. The highest BCUT2D eigenvalue weighted by atomic mass is 19.4. The second kappa shape index (κ2) is 10.9. The first kappa shape index (κ1) is 27.6. The molecule has 1 aliphatic carbocycles. The zero-order valence-corrected chi connectivity index (χ0v) is 22.3. The molecule has 1 aliphatic heterocycles. The van der Waals surface area contributed by atoms with Gasteiger partial charge in [-0.2, -0.15) is 13.2 Å². The zero-order chi connectivity index (χ0) is 28.6. The number of rotatable bonds is 5. The molecule has 0 radical (unpaired) electrons. The SMILES string of the molecule is CC(C)N1CCN(C(=O)c2cc3c(c4ccccc4n3CC3CC3)n2-c2ncccn2)CC1.O=C(O)C(F)(F)F. The van der Waals surface area contributed by atoms with Crippen LogP contribution in [0.2, 0.25) is 0 Å². The summed E-state index contributed by atoms with van der Waals surface area (Å²) in [6.07, 6.45) is 0.964. The van der Waals surface area contributed by atoms with Gasteiger partial charge in [-0.3, -0.25) is 14.3 Å². The number of benzene rings is 1. The summed E-state index contributed by atoms with van der Waals surface area (Å²) in [5.41, 5.74) is 3.99. The van der Waals surface area contributed by atoms with E-state index in [1.165, 1.54) is 18.4 Å². The van der Waals surface area contributed by atoms with E-state index in [0.29, 0.717) is 17.7 Å². The fourth-order valence-corrected chi connectivity index (χ4v) is 5.13. The Morgan fingerprint density at radius 1 is 1.00 bits per heavy atom. The summed E-state index contributed by atoms with van der Waals surface area (Å²) in [7, 11) is 0. The van der Waals surface area contributed by atoms with Gasteiger partial charge in [-0.05, 0) is 50.8 Å². The Bertz CT molecular complexity index is 1520. The van der Waals surface area contributed by atoms with Crippen LogP contribution in [0.15, 0.2) is 48.8 Å². The molecule has 1 aromatic carbocycles. The third-order valence-electron chi connectivity index (χ3n) is 7.40. The van der Waals surface area contributed by atoms with Crippen molar-refractivity contribution < 1.29 is 27.9 Å². The first-order valence-electron chi connectivity index (χ1n) is 13.3. The molecule has 12 heteroatoms. The third-order valence-corrected chi connectivity index (χ3v) is 7.40. The minimum absolute atomic E-state index is 0.0594. The summed E-state index contributed by atoms with van der Waals surface area (Å²) in [6.45, 7) is 8.71. The first-order chi connectivity index (χ1) is 19.1. The van der Waals surface area contributed by atoms with Crippen molar-refractivity contribution in [3.05, 3.63) is 54.5 Å². The predicted octanol–water partition coefficient (Wildman–Crippen LogP) is 4.58. The lowest BCUT2D eigenvalue weighted by Crippen LogP contribution is -2.51. The van der Waals surface area contributed by atoms with Crippen LogP contribution in [0.4, 0.5) is 13.2 Å². The Morgan fingerprint density at radius 2 is 1.62 bits per heavy atom. The summed E-state index contributed by atoms with van der Waals surface area (Å²) in [6, 6.07) is 12.9. The summed E-state index contributed by atoms with van der Waals surface area (Å²) in [4.78, 5) is 36.2. The number of aromatic nitrogens is 4. The maximum absolute atomic E-state index is 13.8. The molecule has 9 nitrogen and oxygen atoms in total. The van der Waals surface area contributed by atoms with E-state index in [0.717, 1.165) is 55.1 Å². The number of piperazine rings is 1. The number of halogens is 3. The van der Waals surface area contributed by atoms with Gasteiger partial charge in [0.1, 0.15) is 5.69 Å². The molecule has 2 aliphatic rings. The van der Waals surface area contributed by atoms with Crippen LogP contribution < -0.4 is 0 Å². The molecule has 1 amide bonds. The van der Waals surface area contributed by atoms with E-state index in [1.807, 2.05) is 15.5 Å². The van der Waals surface area contributed by atoms with Gasteiger partial charge in [0.05, 0.1) is 16.6 Å². The van der Waals surface area contributed by atoms with Gasteiger partial charge < -0.3 is 14.6 Å².